The standard InChI is InChI=1S/C14H19NO6S/c1-8(2)4-10(14(16)17)15-22(18,19)13-6-12-11(5-9(13)3)20-7-21-12/h5-6,8,10,15H,4,7H2,1-3H3,(H,16,17)/t10-/m1/s1. The van der Waals surface area contributed by atoms with E-state index in [1.165, 1.54) is 6.07 Å². The molecular formula is C14H19NO6S. The number of nitrogens with one attached hydrogen (secondary N) is 1. The van der Waals surface area contributed by atoms with Crippen LogP contribution in [0.1, 0.15) is 25.8 Å². The fourth-order valence-corrected chi connectivity index (χ4v) is 3.68. The Balaban J connectivity index is 2.32. The number of carboxylic acids is 1. The van der Waals surface area contributed by atoms with E-state index in [-0.39, 0.29) is 24.0 Å². The first kappa shape index (κ1) is 16.6. The second-order valence-corrected chi connectivity index (χ2v) is 7.30. The molecule has 2 rings (SSSR count). The Hall–Kier alpha value is -1.80. The summed E-state index contributed by atoms with van der Waals surface area (Å²) >= 11 is 0. The smallest absolute Gasteiger partial charge is 0.321 e. The molecule has 7 nitrogen and oxygen atoms in total. The predicted octanol–water partition coefficient (Wildman–Crippen LogP) is 1.50. The van der Waals surface area contributed by atoms with Gasteiger partial charge in [-0.25, -0.2) is 8.42 Å². The lowest BCUT2D eigenvalue weighted by Gasteiger charge is -2.17. The fourth-order valence-electron chi connectivity index (χ4n) is 2.24. The molecule has 1 aliphatic heterocycles. The lowest BCUT2D eigenvalue weighted by molar-refractivity contribution is -0.139. The minimum atomic E-state index is -3.97. The van der Waals surface area contributed by atoms with Gasteiger partial charge >= 0.3 is 5.97 Å². The maximum Gasteiger partial charge on any atom is 0.321 e. The molecule has 0 fully saturated rings. The summed E-state index contributed by atoms with van der Waals surface area (Å²) in [4.78, 5) is 11.2. The van der Waals surface area contributed by atoms with Crippen molar-refractivity contribution in [2.75, 3.05) is 6.79 Å². The van der Waals surface area contributed by atoms with Gasteiger partial charge in [0, 0.05) is 6.07 Å². The van der Waals surface area contributed by atoms with Gasteiger partial charge in [-0.3, -0.25) is 4.79 Å². The summed E-state index contributed by atoms with van der Waals surface area (Å²) in [6.45, 7) is 5.32. The van der Waals surface area contributed by atoms with Crippen molar-refractivity contribution in [1.29, 1.82) is 0 Å². The van der Waals surface area contributed by atoms with Gasteiger partial charge in [0.05, 0.1) is 4.90 Å². The van der Waals surface area contributed by atoms with Crippen LogP contribution in [-0.4, -0.2) is 32.3 Å². The number of sulfonamides is 1. The summed E-state index contributed by atoms with van der Waals surface area (Å²) in [5.74, 6) is -0.340. The number of hydrogen-bond donors (Lipinski definition) is 2. The summed E-state index contributed by atoms with van der Waals surface area (Å²) < 4.78 is 37.6. The number of carbonyl (C=O) groups is 1. The molecule has 2 N–H and O–H groups in total. The van der Waals surface area contributed by atoms with Crippen LogP contribution < -0.4 is 14.2 Å². The first-order chi connectivity index (χ1) is 10.2. The van der Waals surface area contributed by atoms with Crippen molar-refractivity contribution in [2.24, 2.45) is 5.92 Å². The third-order valence-corrected chi connectivity index (χ3v) is 4.88. The Morgan fingerprint density at radius 3 is 2.45 bits per heavy atom. The van der Waals surface area contributed by atoms with E-state index in [2.05, 4.69) is 4.72 Å². The second-order valence-electron chi connectivity index (χ2n) is 5.61. The Morgan fingerprint density at radius 2 is 1.91 bits per heavy atom. The number of carboxylic acid groups (broad SMARTS) is 1. The highest BCUT2D eigenvalue weighted by Gasteiger charge is 2.29. The third kappa shape index (κ3) is 3.50. The highest BCUT2D eigenvalue weighted by molar-refractivity contribution is 7.89. The molecule has 1 aromatic carbocycles. The average molecular weight is 329 g/mol. The van der Waals surface area contributed by atoms with Gasteiger partial charge in [0.15, 0.2) is 11.5 Å². The van der Waals surface area contributed by atoms with E-state index in [1.807, 2.05) is 13.8 Å². The first-order valence-corrected chi connectivity index (χ1v) is 8.34. The zero-order valence-corrected chi connectivity index (χ0v) is 13.4. The van der Waals surface area contributed by atoms with Crippen LogP contribution in [0.4, 0.5) is 0 Å². The van der Waals surface area contributed by atoms with Gasteiger partial charge in [-0.05, 0) is 30.9 Å². The first-order valence-electron chi connectivity index (χ1n) is 6.86. The molecule has 0 spiro atoms. The summed E-state index contributed by atoms with van der Waals surface area (Å²) in [5.41, 5.74) is 0.463. The van der Waals surface area contributed by atoms with Crippen molar-refractivity contribution >= 4 is 16.0 Å². The van der Waals surface area contributed by atoms with Gasteiger partial charge in [-0.2, -0.15) is 4.72 Å². The van der Waals surface area contributed by atoms with Crippen molar-refractivity contribution < 1.29 is 27.8 Å². The largest absolute Gasteiger partial charge is 0.480 e. The van der Waals surface area contributed by atoms with Crippen LogP contribution in [0.25, 0.3) is 0 Å². The van der Waals surface area contributed by atoms with Gasteiger partial charge in [0.1, 0.15) is 6.04 Å². The van der Waals surface area contributed by atoms with E-state index in [4.69, 9.17) is 9.47 Å². The Labute approximate surface area is 129 Å². The van der Waals surface area contributed by atoms with Crippen molar-refractivity contribution in [1.82, 2.24) is 4.72 Å². The van der Waals surface area contributed by atoms with Crippen LogP contribution >= 0.6 is 0 Å². The van der Waals surface area contributed by atoms with Crippen molar-refractivity contribution in [2.45, 2.75) is 38.1 Å². The molecule has 1 heterocycles. The molecule has 8 heteroatoms. The number of fused-ring (bicyclic) bond motifs is 1. The highest BCUT2D eigenvalue weighted by Crippen LogP contribution is 2.36. The van der Waals surface area contributed by atoms with Gasteiger partial charge in [-0.15, -0.1) is 0 Å². The molecule has 0 amide bonds. The molecule has 0 saturated carbocycles. The molecule has 1 atom stereocenters. The Kier molecular flexibility index (Phi) is 4.62. The van der Waals surface area contributed by atoms with Gasteiger partial charge < -0.3 is 14.6 Å². The number of rotatable bonds is 6. The molecule has 0 aromatic heterocycles. The summed E-state index contributed by atoms with van der Waals surface area (Å²) in [6.07, 6.45) is 0.207. The predicted molar refractivity (Wildman–Crippen MR) is 78.5 cm³/mol. The van der Waals surface area contributed by atoms with E-state index >= 15 is 0 Å². The maximum atomic E-state index is 12.5. The third-order valence-electron chi connectivity index (χ3n) is 3.26. The van der Waals surface area contributed by atoms with Gasteiger partial charge in [0.25, 0.3) is 0 Å². The van der Waals surface area contributed by atoms with Crippen LogP contribution in [-0.2, 0) is 14.8 Å². The van der Waals surface area contributed by atoms with Crippen molar-refractivity contribution in [3.8, 4) is 11.5 Å². The molecule has 0 aliphatic carbocycles. The molecule has 22 heavy (non-hydrogen) atoms. The van der Waals surface area contributed by atoms with Crippen LogP contribution in [0, 0.1) is 12.8 Å². The fraction of sp³-hybridized carbons (Fsp3) is 0.500. The number of aliphatic carboxylic acids is 1. The zero-order chi connectivity index (χ0) is 16.5. The molecule has 0 radical (unpaired) electrons. The SMILES string of the molecule is Cc1cc2c(cc1S(=O)(=O)N[C@H](CC(C)C)C(=O)O)OCO2. The quantitative estimate of drug-likeness (QED) is 0.820. The normalized spacial score (nSPS) is 15.1. The van der Waals surface area contributed by atoms with E-state index in [0.29, 0.717) is 17.1 Å². The van der Waals surface area contributed by atoms with Crippen LogP contribution in [0.2, 0.25) is 0 Å². The number of aryl methyl sites for hydroxylation is 1. The van der Waals surface area contributed by atoms with Crippen LogP contribution in [0.15, 0.2) is 17.0 Å². The number of hydrogen-bond acceptors (Lipinski definition) is 5. The lowest BCUT2D eigenvalue weighted by Crippen LogP contribution is -2.41. The minimum absolute atomic E-state index is 0.00763. The van der Waals surface area contributed by atoms with E-state index in [1.54, 1.807) is 13.0 Å². The van der Waals surface area contributed by atoms with E-state index < -0.39 is 22.0 Å². The molecular weight excluding hydrogens is 310 g/mol. The van der Waals surface area contributed by atoms with Crippen molar-refractivity contribution in [3.63, 3.8) is 0 Å². The molecule has 0 unspecified atom stereocenters. The highest BCUT2D eigenvalue weighted by atomic mass is 32.2. The lowest BCUT2D eigenvalue weighted by atomic mass is 10.1. The molecule has 122 valence electrons. The van der Waals surface area contributed by atoms with Gasteiger partial charge in [0.2, 0.25) is 16.8 Å². The van der Waals surface area contributed by atoms with E-state index in [0.717, 1.165) is 0 Å². The van der Waals surface area contributed by atoms with E-state index in [9.17, 15) is 18.3 Å². The second kappa shape index (κ2) is 6.13. The Bertz CT molecular complexity index is 683. The van der Waals surface area contributed by atoms with Crippen LogP contribution in [0.5, 0.6) is 11.5 Å². The zero-order valence-electron chi connectivity index (χ0n) is 12.6. The summed E-state index contributed by atoms with van der Waals surface area (Å²) in [5, 5.41) is 9.18. The molecule has 0 saturated heterocycles. The average Bonchev–Trinajstić information content (AvgIpc) is 2.82. The topological polar surface area (TPSA) is 102 Å². The minimum Gasteiger partial charge on any atom is -0.480 e. The number of ether oxygens (including phenoxy) is 2. The maximum absolute atomic E-state index is 12.5. The summed E-state index contributed by atoms with van der Waals surface area (Å²) in [7, 11) is -3.97. The molecule has 0 bridgehead atoms. The number of benzene rings is 1. The van der Waals surface area contributed by atoms with Gasteiger partial charge in [-0.1, -0.05) is 13.8 Å². The van der Waals surface area contributed by atoms with Crippen molar-refractivity contribution in [3.05, 3.63) is 17.7 Å². The summed E-state index contributed by atoms with van der Waals surface area (Å²) in [6, 6.07) is 1.75. The molecule has 1 aromatic rings. The van der Waals surface area contributed by atoms with Crippen LogP contribution in [0.3, 0.4) is 0 Å². The molecule has 1 aliphatic rings. The monoisotopic (exact) mass is 329 g/mol. The Morgan fingerprint density at radius 1 is 1.32 bits per heavy atom.